The van der Waals surface area contributed by atoms with E-state index < -0.39 is 34.9 Å². The third-order valence-electron chi connectivity index (χ3n) is 5.18. The molecule has 0 aliphatic carbocycles. The second kappa shape index (κ2) is 11.9. The van der Waals surface area contributed by atoms with Gasteiger partial charge in [-0.25, -0.2) is 9.78 Å². The number of hydrogen-bond donors (Lipinski definition) is 5. The van der Waals surface area contributed by atoms with Gasteiger partial charge in [0.1, 0.15) is 27.1 Å². The van der Waals surface area contributed by atoms with E-state index >= 15 is 0 Å². The van der Waals surface area contributed by atoms with E-state index in [1.54, 1.807) is 30.2 Å². The molecule has 4 rings (SSSR count). The van der Waals surface area contributed by atoms with Gasteiger partial charge in [-0.1, -0.05) is 39.9 Å². The lowest BCUT2D eigenvalue weighted by molar-refractivity contribution is -0.150. The van der Waals surface area contributed by atoms with E-state index in [9.17, 15) is 24.7 Å². The maximum atomic E-state index is 13.0. The Bertz CT molecular complexity index is 1300. The van der Waals surface area contributed by atoms with Crippen LogP contribution in [0.1, 0.15) is 11.3 Å². The highest BCUT2D eigenvalue weighted by Gasteiger charge is 2.54. The van der Waals surface area contributed by atoms with E-state index in [4.69, 9.17) is 23.1 Å². The standard InChI is InChI=1S/C20H20ClN7O5S4/c21-15-11(26-20(23)37-15)12(27-33)16(29)25-13-17(30)28-14(19(31)32)10(7-35-18(13)28)36-9-1-3-24-5-8(9)6-34-4-2-22/h1,3,5,13,18,33H,2,4,6-7,22H2,(H2,23,26)(H,25,29)(H,31,32)/b27-12+/t13?,18-/m1/s1. The number of halogens is 1. The molecule has 0 spiro atoms. The largest absolute Gasteiger partial charge is 0.477 e. The van der Waals surface area contributed by atoms with Crippen LogP contribution in [0.5, 0.6) is 0 Å². The van der Waals surface area contributed by atoms with Crippen LogP contribution in [-0.4, -0.2) is 78.1 Å². The lowest BCUT2D eigenvalue weighted by atomic mass is 10.0. The van der Waals surface area contributed by atoms with E-state index in [2.05, 4.69) is 20.4 Å². The molecule has 1 fully saturated rings. The number of carboxylic acids is 1. The van der Waals surface area contributed by atoms with Crippen LogP contribution in [0.2, 0.25) is 4.34 Å². The molecule has 2 aliphatic rings. The Kier molecular flexibility index (Phi) is 8.86. The average Bonchev–Trinajstić information content (AvgIpc) is 3.20. The predicted octanol–water partition coefficient (Wildman–Crippen LogP) is 1.63. The summed E-state index contributed by atoms with van der Waals surface area (Å²) in [5.41, 5.74) is 11.3. The summed E-state index contributed by atoms with van der Waals surface area (Å²) < 4.78 is 0.0451. The highest BCUT2D eigenvalue weighted by atomic mass is 35.5. The third-order valence-corrected chi connectivity index (χ3v) is 9.96. The highest BCUT2D eigenvalue weighted by molar-refractivity contribution is 8.06. The molecule has 196 valence electrons. The van der Waals surface area contributed by atoms with Gasteiger partial charge in [0.15, 0.2) is 10.8 Å². The number of nitrogen functional groups attached to an aromatic ring is 1. The van der Waals surface area contributed by atoms with Crippen molar-refractivity contribution < 1.29 is 24.7 Å². The lowest BCUT2D eigenvalue weighted by Gasteiger charge is -2.49. The van der Waals surface area contributed by atoms with Gasteiger partial charge >= 0.3 is 5.97 Å². The Balaban J connectivity index is 1.52. The number of thiazole rings is 1. The van der Waals surface area contributed by atoms with Gasteiger partial charge in [0.2, 0.25) is 0 Å². The molecule has 0 saturated carbocycles. The highest BCUT2D eigenvalue weighted by Crippen LogP contribution is 2.46. The zero-order valence-electron chi connectivity index (χ0n) is 18.8. The number of anilines is 1. The van der Waals surface area contributed by atoms with Gasteiger partial charge in [-0.2, -0.15) is 11.8 Å². The Morgan fingerprint density at radius 1 is 1.41 bits per heavy atom. The number of aromatic nitrogens is 2. The van der Waals surface area contributed by atoms with E-state index in [1.807, 2.05) is 0 Å². The Morgan fingerprint density at radius 2 is 2.19 bits per heavy atom. The summed E-state index contributed by atoms with van der Waals surface area (Å²) in [5.74, 6) is -0.998. The van der Waals surface area contributed by atoms with E-state index in [0.717, 1.165) is 32.4 Å². The van der Waals surface area contributed by atoms with Crippen molar-refractivity contribution in [3.63, 3.8) is 0 Å². The number of pyridine rings is 1. The van der Waals surface area contributed by atoms with Crippen molar-refractivity contribution in [3.8, 4) is 0 Å². The van der Waals surface area contributed by atoms with Gasteiger partial charge in [-0.15, -0.1) is 11.8 Å². The third kappa shape index (κ3) is 5.68. The first-order valence-corrected chi connectivity index (χ1v) is 14.7. The molecule has 1 unspecified atom stereocenters. The van der Waals surface area contributed by atoms with Crippen LogP contribution < -0.4 is 16.8 Å². The minimum atomic E-state index is -1.25. The van der Waals surface area contributed by atoms with Gasteiger partial charge in [0.25, 0.3) is 11.8 Å². The molecule has 7 N–H and O–H groups in total. The second-order valence-corrected chi connectivity index (χ2v) is 12.5. The number of carbonyl (C=O) groups is 3. The lowest BCUT2D eigenvalue weighted by Crippen LogP contribution is -2.71. The molecular weight excluding hydrogens is 582 g/mol. The molecule has 1 saturated heterocycles. The SMILES string of the molecule is NCCSCc1cnccc1SC1=C(C(=O)O)N2C(=O)C(NC(=O)/C(=N/O)c3nc(N)sc3Cl)[C@H]2SC1. The fraction of sp³-hybridized carbons (Fsp3) is 0.300. The minimum absolute atomic E-state index is 0.0451. The van der Waals surface area contributed by atoms with Gasteiger partial charge in [0.05, 0.1) is 0 Å². The predicted molar refractivity (Wildman–Crippen MR) is 145 cm³/mol. The van der Waals surface area contributed by atoms with Crippen molar-refractivity contribution >= 4 is 86.9 Å². The smallest absolute Gasteiger partial charge is 0.353 e. The number of oxime groups is 1. The molecular formula is C20H20ClN7O5S4. The summed E-state index contributed by atoms with van der Waals surface area (Å²) in [4.78, 5) is 48.5. The zero-order chi connectivity index (χ0) is 26.7. The molecule has 37 heavy (non-hydrogen) atoms. The van der Waals surface area contributed by atoms with Crippen molar-refractivity contribution in [2.75, 3.05) is 23.8 Å². The van der Waals surface area contributed by atoms with Crippen LogP contribution in [-0.2, 0) is 20.1 Å². The van der Waals surface area contributed by atoms with Crippen molar-refractivity contribution in [2.24, 2.45) is 10.9 Å². The molecule has 4 heterocycles. The van der Waals surface area contributed by atoms with Crippen LogP contribution in [0.3, 0.4) is 0 Å². The monoisotopic (exact) mass is 601 g/mol. The number of hydrogen-bond acceptors (Lipinski definition) is 13. The number of nitrogens with zero attached hydrogens (tertiary/aromatic N) is 4. The molecule has 2 aromatic rings. The zero-order valence-corrected chi connectivity index (χ0v) is 22.8. The normalized spacial score (nSPS) is 19.5. The maximum Gasteiger partial charge on any atom is 0.353 e. The van der Waals surface area contributed by atoms with Crippen LogP contribution in [0.4, 0.5) is 5.13 Å². The summed E-state index contributed by atoms with van der Waals surface area (Å²) in [6.07, 6.45) is 3.36. The number of rotatable bonds is 10. The molecule has 2 amide bonds. The van der Waals surface area contributed by atoms with Gasteiger partial charge in [0, 0.05) is 46.0 Å². The molecule has 2 atom stereocenters. The first-order chi connectivity index (χ1) is 17.8. The number of thioether (sulfide) groups is 3. The number of carboxylic acid groups (broad SMARTS) is 1. The summed E-state index contributed by atoms with van der Waals surface area (Å²) >= 11 is 11.1. The first kappa shape index (κ1) is 27.5. The first-order valence-electron chi connectivity index (χ1n) is 10.5. The number of nitrogens with one attached hydrogen (secondary N) is 1. The Hall–Kier alpha value is -2.50. The Labute approximate surface area is 232 Å². The molecule has 17 heteroatoms. The number of carbonyl (C=O) groups excluding carboxylic acids is 2. The van der Waals surface area contributed by atoms with Gasteiger partial charge in [-0.05, 0) is 11.6 Å². The molecule has 2 aromatic heterocycles. The van der Waals surface area contributed by atoms with Crippen LogP contribution >= 0.6 is 58.2 Å². The number of fused-ring (bicyclic) bond motifs is 1. The fourth-order valence-corrected chi connectivity index (χ4v) is 7.91. The topological polar surface area (TPSA) is 197 Å². The summed E-state index contributed by atoms with van der Waals surface area (Å²) in [6, 6.07) is 0.772. The van der Waals surface area contributed by atoms with E-state index in [0.29, 0.717) is 23.0 Å². The quantitative estimate of drug-likeness (QED) is 0.0868. The second-order valence-electron chi connectivity index (χ2n) is 7.49. The number of nitrogens with two attached hydrogens (primary N) is 2. The van der Waals surface area contributed by atoms with Crippen molar-refractivity contribution in [3.05, 3.63) is 44.7 Å². The summed E-state index contributed by atoms with van der Waals surface area (Å²) in [7, 11) is 0. The van der Waals surface area contributed by atoms with Crippen LogP contribution in [0.15, 0.2) is 39.1 Å². The van der Waals surface area contributed by atoms with Crippen molar-refractivity contribution in [1.29, 1.82) is 0 Å². The van der Waals surface area contributed by atoms with Crippen molar-refractivity contribution in [1.82, 2.24) is 20.2 Å². The Morgan fingerprint density at radius 3 is 2.84 bits per heavy atom. The number of β-lactam (4-membered cyclic amide) rings is 1. The molecule has 0 aromatic carbocycles. The van der Waals surface area contributed by atoms with E-state index in [-0.39, 0.29) is 20.9 Å². The minimum Gasteiger partial charge on any atom is -0.477 e. The fourth-order valence-electron chi connectivity index (χ4n) is 3.56. The number of amides is 2. The van der Waals surface area contributed by atoms with Crippen molar-refractivity contribution in [2.45, 2.75) is 22.1 Å². The molecule has 12 nitrogen and oxygen atoms in total. The van der Waals surface area contributed by atoms with Gasteiger partial charge in [-0.3, -0.25) is 19.5 Å². The number of aliphatic carboxylic acids is 1. The van der Waals surface area contributed by atoms with E-state index in [1.165, 1.54) is 23.5 Å². The maximum absolute atomic E-state index is 13.0. The van der Waals surface area contributed by atoms with Gasteiger partial charge < -0.3 is 27.1 Å². The molecule has 0 radical (unpaired) electrons. The molecule has 2 aliphatic heterocycles. The summed E-state index contributed by atoms with van der Waals surface area (Å²) in [5, 5.41) is 24.2. The molecule has 0 bridgehead atoms. The average molecular weight is 602 g/mol. The summed E-state index contributed by atoms with van der Waals surface area (Å²) in [6.45, 7) is 0.547. The van der Waals surface area contributed by atoms with Crippen LogP contribution in [0, 0.1) is 0 Å². The van der Waals surface area contributed by atoms with Crippen LogP contribution in [0.25, 0.3) is 0 Å².